The third kappa shape index (κ3) is 3.35. The van der Waals surface area contributed by atoms with E-state index in [1.165, 1.54) is 21.0 Å². The van der Waals surface area contributed by atoms with Gasteiger partial charge in [0.15, 0.2) is 4.88 Å². The van der Waals surface area contributed by atoms with Gasteiger partial charge in [0, 0.05) is 18.7 Å². The minimum absolute atomic E-state index is 0.0218. The number of benzene rings is 1. The van der Waals surface area contributed by atoms with Gasteiger partial charge in [0.25, 0.3) is 19.8 Å². The summed E-state index contributed by atoms with van der Waals surface area (Å²) in [5.74, 6) is 0. The van der Waals surface area contributed by atoms with Gasteiger partial charge in [0.1, 0.15) is 6.17 Å². The first-order chi connectivity index (χ1) is 15.0. The molecule has 2 atom stereocenters. The van der Waals surface area contributed by atoms with Crippen molar-refractivity contribution in [1.82, 2.24) is 15.3 Å². The topological polar surface area (TPSA) is 42.1 Å². The molecule has 1 aromatic carbocycles. The molecule has 1 aromatic heterocycles. The minimum Gasteiger partial charge on any atom is -0.362 e. The number of halogens is 2. The highest BCUT2D eigenvalue weighted by Gasteiger charge is 2.47. The molecule has 164 valence electrons. The smallest absolute Gasteiger partial charge is 0.336 e. The van der Waals surface area contributed by atoms with Crippen molar-refractivity contribution in [2.45, 2.75) is 33.0 Å². The van der Waals surface area contributed by atoms with Crippen LogP contribution in [0.1, 0.15) is 29.9 Å². The fourth-order valence-corrected chi connectivity index (χ4v) is 8.73. The van der Waals surface area contributed by atoms with E-state index in [1.54, 1.807) is 0 Å². The number of anilines is 2. The Morgan fingerprint density at radius 1 is 1.29 bits per heavy atom. The lowest BCUT2D eigenvalue weighted by molar-refractivity contribution is 0.133. The van der Waals surface area contributed by atoms with Crippen LogP contribution in [0.2, 0.25) is 5.02 Å². The standard InChI is InChI=1S/C22H26BrClN5OS/c1-3-26(4-2)22(30)29-20-13-27(18-10-6-5-9-17(18)24)12-16-15-8-7-11-19(15)31(23)21(16)28(20)14-25-29/h5-7,9-11,20,25H,3-4,8,12-14H2,1-2H3/q+1. The molecule has 0 radical (unpaired) electrons. The van der Waals surface area contributed by atoms with E-state index in [0.717, 1.165) is 23.7 Å². The molecule has 3 heterocycles. The number of allylic oxidation sites excluding steroid dienone is 1. The predicted octanol–water partition coefficient (Wildman–Crippen LogP) is 5.21. The van der Waals surface area contributed by atoms with Gasteiger partial charge < -0.3 is 9.80 Å². The van der Waals surface area contributed by atoms with Gasteiger partial charge in [0.2, 0.25) is 0 Å². The van der Waals surface area contributed by atoms with Crippen LogP contribution in [-0.4, -0.2) is 48.4 Å². The fourth-order valence-electron chi connectivity index (χ4n) is 4.78. The number of hydrogen-bond donors (Lipinski definition) is 1. The third-order valence-corrected chi connectivity index (χ3v) is 10.2. The van der Waals surface area contributed by atoms with Gasteiger partial charge in [0.05, 0.1) is 44.9 Å². The monoisotopic (exact) mass is 522 g/mol. The number of para-hydroxylation sites is 1. The molecule has 6 nitrogen and oxygen atoms in total. The summed E-state index contributed by atoms with van der Waals surface area (Å²) in [6.07, 6.45) is 5.34. The molecule has 2 amide bonds. The van der Waals surface area contributed by atoms with Crippen molar-refractivity contribution in [3.63, 3.8) is 0 Å². The maximum Gasteiger partial charge on any atom is 0.336 e. The number of hydrazine groups is 1. The molecule has 1 N–H and O–H groups in total. The molecule has 2 aliphatic heterocycles. The van der Waals surface area contributed by atoms with Crippen LogP contribution in [0.25, 0.3) is 6.08 Å². The van der Waals surface area contributed by atoms with Crippen molar-refractivity contribution in [1.29, 1.82) is 0 Å². The van der Waals surface area contributed by atoms with Crippen LogP contribution in [-0.2, 0) is 13.0 Å². The fraction of sp³-hybridized carbons (Fsp3) is 0.409. The molecule has 2 unspecified atom stereocenters. The summed E-state index contributed by atoms with van der Waals surface area (Å²) in [7, 11) is -0.176. The molecule has 1 aliphatic carbocycles. The molecular weight excluding hydrogens is 498 g/mol. The summed E-state index contributed by atoms with van der Waals surface area (Å²) in [5, 5.41) is 3.85. The first kappa shape index (κ1) is 21.1. The molecule has 0 spiro atoms. The number of nitrogens with one attached hydrogen (secondary N) is 1. The van der Waals surface area contributed by atoms with Crippen LogP contribution in [0.4, 0.5) is 15.5 Å². The van der Waals surface area contributed by atoms with Gasteiger partial charge in [-0.3, -0.25) is 4.90 Å². The van der Waals surface area contributed by atoms with Crippen molar-refractivity contribution >= 4 is 58.1 Å². The predicted molar refractivity (Wildman–Crippen MR) is 133 cm³/mol. The Labute approximate surface area is 198 Å². The zero-order valence-corrected chi connectivity index (χ0v) is 20.8. The molecular formula is C22H26BrClN5OS+. The molecule has 1 saturated heterocycles. The molecule has 31 heavy (non-hydrogen) atoms. The maximum absolute atomic E-state index is 13.3. The maximum atomic E-state index is 13.3. The Hall–Kier alpha value is -1.74. The highest BCUT2D eigenvalue weighted by atomic mass is 79.9. The van der Waals surface area contributed by atoms with E-state index in [0.29, 0.717) is 26.3 Å². The van der Waals surface area contributed by atoms with Gasteiger partial charge in [-0.05, 0) is 38.5 Å². The van der Waals surface area contributed by atoms with Crippen molar-refractivity contribution in [3.8, 4) is 0 Å². The van der Waals surface area contributed by atoms with Crippen LogP contribution in [0, 0.1) is 0 Å². The van der Waals surface area contributed by atoms with Gasteiger partial charge in [-0.25, -0.2) is 15.2 Å². The van der Waals surface area contributed by atoms with Crippen molar-refractivity contribution < 1.29 is 4.79 Å². The van der Waals surface area contributed by atoms with Crippen molar-refractivity contribution in [2.75, 3.05) is 36.1 Å². The highest BCUT2D eigenvalue weighted by molar-refractivity contribution is 9.34. The van der Waals surface area contributed by atoms with Crippen molar-refractivity contribution in [3.05, 3.63) is 51.4 Å². The summed E-state index contributed by atoms with van der Waals surface area (Å²) in [6, 6.07) is 8.01. The number of carbonyl (C=O) groups excluding carboxylic acids is 1. The number of hydrogen-bond acceptors (Lipinski definition) is 4. The molecule has 3 aliphatic rings. The highest BCUT2D eigenvalue weighted by Crippen LogP contribution is 2.54. The molecule has 1 fully saturated rings. The van der Waals surface area contributed by atoms with E-state index in [1.807, 2.05) is 42.0 Å². The van der Waals surface area contributed by atoms with E-state index < -0.39 is 0 Å². The van der Waals surface area contributed by atoms with E-state index in [9.17, 15) is 4.79 Å². The number of urea groups is 1. The second-order valence-corrected chi connectivity index (χ2v) is 11.6. The zero-order chi connectivity index (χ0) is 21.7. The summed E-state index contributed by atoms with van der Waals surface area (Å²) < 4.78 is 0. The van der Waals surface area contributed by atoms with Crippen LogP contribution < -0.4 is 15.2 Å². The second-order valence-electron chi connectivity index (χ2n) is 7.91. The lowest BCUT2D eigenvalue weighted by Gasteiger charge is -2.34. The second kappa shape index (κ2) is 8.31. The average molecular weight is 524 g/mol. The molecule has 2 aromatic rings. The van der Waals surface area contributed by atoms with E-state index >= 15 is 0 Å². The lowest BCUT2D eigenvalue weighted by Crippen LogP contribution is -2.54. The molecule has 9 heteroatoms. The van der Waals surface area contributed by atoms with Crippen LogP contribution in [0.3, 0.4) is 0 Å². The quantitative estimate of drug-likeness (QED) is 0.561. The number of carbonyl (C=O) groups is 1. The number of thiophene rings is 1. The Morgan fingerprint density at radius 3 is 2.81 bits per heavy atom. The summed E-state index contributed by atoms with van der Waals surface area (Å²) in [5.41, 5.74) is 7.17. The Morgan fingerprint density at radius 2 is 2.06 bits per heavy atom. The van der Waals surface area contributed by atoms with Gasteiger partial charge >= 0.3 is 6.03 Å². The molecule has 0 bridgehead atoms. The normalized spacial score (nSPS) is 19.9. The SMILES string of the molecule is CCN(CC)C(=O)N1NCN2c3c(c4c([s+]3Br)C=CC4)CN(c3ccccc3Cl)CC12. The Balaban J connectivity index is 1.61. The summed E-state index contributed by atoms with van der Waals surface area (Å²) in [6.45, 7) is 7.50. The average Bonchev–Trinajstić information content (AvgIpc) is 3.43. The van der Waals surface area contributed by atoms with Crippen LogP contribution in [0.15, 0.2) is 30.3 Å². The Kier molecular flexibility index (Phi) is 5.66. The largest absolute Gasteiger partial charge is 0.362 e. The lowest BCUT2D eigenvalue weighted by atomic mass is 10.1. The Bertz CT molecular complexity index is 1050. The van der Waals surface area contributed by atoms with Gasteiger partial charge in [-0.2, -0.15) is 0 Å². The van der Waals surface area contributed by atoms with Gasteiger partial charge in [-0.1, -0.05) is 29.8 Å². The molecule has 0 saturated carbocycles. The number of rotatable bonds is 3. The van der Waals surface area contributed by atoms with Crippen LogP contribution in [0.5, 0.6) is 0 Å². The van der Waals surface area contributed by atoms with E-state index in [2.05, 4.69) is 48.3 Å². The van der Waals surface area contributed by atoms with Gasteiger partial charge in [-0.15, -0.1) is 0 Å². The third-order valence-electron chi connectivity index (χ3n) is 6.37. The first-order valence-corrected chi connectivity index (χ1v) is 14.1. The van der Waals surface area contributed by atoms with Crippen molar-refractivity contribution in [2.24, 2.45) is 0 Å². The zero-order valence-electron chi connectivity index (χ0n) is 17.6. The van der Waals surface area contributed by atoms with E-state index in [4.69, 9.17) is 11.6 Å². The van der Waals surface area contributed by atoms with E-state index in [-0.39, 0.29) is 21.1 Å². The minimum atomic E-state index is -0.176. The number of nitrogens with zero attached hydrogens (tertiary/aromatic N) is 4. The van der Waals surface area contributed by atoms with Crippen LogP contribution >= 0.6 is 35.3 Å². The first-order valence-electron chi connectivity index (χ1n) is 10.7. The number of amides is 2. The summed E-state index contributed by atoms with van der Waals surface area (Å²) in [4.78, 5) is 21.3. The number of fused-ring (bicyclic) bond motifs is 5. The summed E-state index contributed by atoms with van der Waals surface area (Å²) >= 11 is 10.6. The molecule has 5 rings (SSSR count).